The number of benzene rings is 2. The average Bonchev–Trinajstić information content (AvgIpc) is 2.47. The Labute approximate surface area is 149 Å². The summed E-state index contributed by atoms with van der Waals surface area (Å²) in [5, 5.41) is 9.19. The molecule has 4 nitrogen and oxygen atoms in total. The number of carbonyl (C=O) groups is 1. The smallest absolute Gasteiger partial charge is 0.336 e. The van der Waals surface area contributed by atoms with Crippen molar-refractivity contribution in [3.63, 3.8) is 0 Å². The van der Waals surface area contributed by atoms with E-state index >= 15 is 0 Å². The summed E-state index contributed by atoms with van der Waals surface area (Å²) in [6.45, 7) is 1.78. The van der Waals surface area contributed by atoms with Gasteiger partial charge in [0, 0.05) is 0 Å². The molecule has 0 aromatic heterocycles. The second kappa shape index (κ2) is 6.82. The Balaban J connectivity index is 2.40. The van der Waals surface area contributed by atoms with Gasteiger partial charge >= 0.3 is 5.97 Å². The minimum Gasteiger partial charge on any atom is -0.497 e. The number of ether oxygens (including phenoxy) is 2. The molecule has 1 N–H and O–H groups in total. The maximum Gasteiger partial charge on any atom is 0.336 e. The van der Waals surface area contributed by atoms with Gasteiger partial charge in [-0.05, 0) is 88.0 Å². The quantitative estimate of drug-likeness (QED) is 0.607. The summed E-state index contributed by atoms with van der Waals surface area (Å²) >= 11 is 4.20. The van der Waals surface area contributed by atoms with Gasteiger partial charge in [-0.3, -0.25) is 0 Å². The van der Waals surface area contributed by atoms with Crippen LogP contribution in [0, 0.1) is 14.1 Å². The molecule has 6 heteroatoms. The van der Waals surface area contributed by atoms with Crippen LogP contribution in [0.15, 0.2) is 30.3 Å². The number of carboxylic acid groups (broad SMARTS) is 1. The van der Waals surface area contributed by atoms with Crippen LogP contribution in [0.1, 0.15) is 15.9 Å². The molecule has 0 aliphatic heterocycles. The van der Waals surface area contributed by atoms with Gasteiger partial charge in [0.25, 0.3) is 0 Å². The number of halogens is 2. The first-order chi connectivity index (χ1) is 9.93. The molecule has 0 heterocycles. The molecule has 0 radical (unpaired) electrons. The van der Waals surface area contributed by atoms with Crippen molar-refractivity contribution in [2.24, 2.45) is 0 Å². The molecule has 2 rings (SSSR count). The molecular weight excluding hydrogens is 498 g/mol. The van der Waals surface area contributed by atoms with E-state index in [9.17, 15) is 9.90 Å². The molecule has 2 aromatic rings. The SMILES string of the molecule is COc1ccc(Oc2c(I)cc(C(=O)O)c(C)c2I)cc1. The zero-order chi connectivity index (χ0) is 15.6. The summed E-state index contributed by atoms with van der Waals surface area (Å²) in [5.74, 6) is 1.17. The lowest BCUT2D eigenvalue weighted by atomic mass is 10.1. The van der Waals surface area contributed by atoms with Crippen LogP contribution in [0.25, 0.3) is 0 Å². The third-order valence-corrected chi connectivity index (χ3v) is 5.03. The van der Waals surface area contributed by atoms with Crippen molar-refractivity contribution in [3.05, 3.63) is 48.6 Å². The van der Waals surface area contributed by atoms with E-state index in [1.54, 1.807) is 20.1 Å². The monoisotopic (exact) mass is 510 g/mol. The maximum atomic E-state index is 11.2. The minimum atomic E-state index is -0.931. The van der Waals surface area contributed by atoms with Crippen molar-refractivity contribution < 1.29 is 19.4 Å². The zero-order valence-corrected chi connectivity index (χ0v) is 15.6. The lowest BCUT2D eigenvalue weighted by Crippen LogP contribution is -2.04. The Bertz CT molecular complexity index is 681. The number of carboxylic acids is 1. The molecule has 0 bridgehead atoms. The van der Waals surface area contributed by atoms with Crippen molar-refractivity contribution in [1.82, 2.24) is 0 Å². The van der Waals surface area contributed by atoms with E-state index in [1.807, 2.05) is 24.3 Å². The Hall–Kier alpha value is -1.03. The van der Waals surface area contributed by atoms with Gasteiger partial charge in [0.15, 0.2) is 5.75 Å². The van der Waals surface area contributed by atoms with E-state index in [-0.39, 0.29) is 0 Å². The number of methoxy groups -OCH3 is 1. The standard InChI is InChI=1S/C15H12I2O4/c1-8-11(15(18)19)7-12(16)14(13(8)17)21-10-5-3-9(20-2)4-6-10/h3-7H,1-2H3,(H,18,19). The predicted molar refractivity (Wildman–Crippen MR) is 96.6 cm³/mol. The summed E-state index contributed by atoms with van der Waals surface area (Å²) in [6.07, 6.45) is 0. The van der Waals surface area contributed by atoms with Crippen LogP contribution in [0.3, 0.4) is 0 Å². The summed E-state index contributed by atoms with van der Waals surface area (Å²) in [6, 6.07) is 8.87. The summed E-state index contributed by atoms with van der Waals surface area (Å²) < 4.78 is 12.6. The summed E-state index contributed by atoms with van der Waals surface area (Å²) in [5.41, 5.74) is 0.998. The van der Waals surface area contributed by atoms with E-state index in [1.165, 1.54) is 0 Å². The first-order valence-electron chi connectivity index (χ1n) is 5.98. The van der Waals surface area contributed by atoms with E-state index < -0.39 is 5.97 Å². The molecule has 0 unspecified atom stereocenters. The van der Waals surface area contributed by atoms with Crippen LogP contribution in [-0.4, -0.2) is 18.2 Å². The van der Waals surface area contributed by atoms with Crippen LogP contribution in [-0.2, 0) is 0 Å². The second-order valence-corrected chi connectivity index (χ2v) is 6.50. The maximum absolute atomic E-state index is 11.2. The number of hydrogen-bond donors (Lipinski definition) is 1. The Morgan fingerprint density at radius 3 is 2.24 bits per heavy atom. The second-order valence-electron chi connectivity index (χ2n) is 4.26. The van der Waals surface area contributed by atoms with Crippen molar-refractivity contribution >= 4 is 51.2 Å². The Kier molecular flexibility index (Phi) is 5.31. The van der Waals surface area contributed by atoms with Gasteiger partial charge in [0.1, 0.15) is 11.5 Å². The van der Waals surface area contributed by atoms with Crippen LogP contribution >= 0.6 is 45.2 Å². The molecule has 0 saturated heterocycles. The average molecular weight is 510 g/mol. The first-order valence-corrected chi connectivity index (χ1v) is 8.13. The molecule has 0 saturated carbocycles. The molecular formula is C15H12I2O4. The molecule has 0 fully saturated rings. The highest BCUT2D eigenvalue weighted by Crippen LogP contribution is 2.35. The Morgan fingerprint density at radius 2 is 1.71 bits per heavy atom. The fourth-order valence-corrected chi connectivity index (χ4v) is 3.67. The highest BCUT2D eigenvalue weighted by atomic mass is 127. The number of rotatable bonds is 4. The highest BCUT2D eigenvalue weighted by molar-refractivity contribution is 14.1. The van der Waals surface area contributed by atoms with E-state index in [0.29, 0.717) is 22.6 Å². The van der Waals surface area contributed by atoms with Crippen molar-refractivity contribution in [2.45, 2.75) is 6.92 Å². The first kappa shape index (κ1) is 16.3. The zero-order valence-electron chi connectivity index (χ0n) is 11.3. The van der Waals surface area contributed by atoms with E-state index in [2.05, 4.69) is 45.2 Å². The fraction of sp³-hybridized carbons (Fsp3) is 0.133. The topological polar surface area (TPSA) is 55.8 Å². The molecule has 21 heavy (non-hydrogen) atoms. The number of hydrogen-bond acceptors (Lipinski definition) is 3. The summed E-state index contributed by atoms with van der Waals surface area (Å²) in [4.78, 5) is 11.2. The molecule has 110 valence electrons. The van der Waals surface area contributed by atoms with Gasteiger partial charge in [0.2, 0.25) is 0 Å². The third-order valence-electron chi connectivity index (χ3n) is 2.93. The molecule has 0 aliphatic rings. The van der Waals surface area contributed by atoms with E-state index in [4.69, 9.17) is 9.47 Å². The van der Waals surface area contributed by atoms with Gasteiger partial charge < -0.3 is 14.6 Å². The van der Waals surface area contributed by atoms with Crippen LogP contribution in [0.2, 0.25) is 0 Å². The molecule has 2 aromatic carbocycles. The highest BCUT2D eigenvalue weighted by Gasteiger charge is 2.18. The van der Waals surface area contributed by atoms with Crippen molar-refractivity contribution in [2.75, 3.05) is 7.11 Å². The third kappa shape index (κ3) is 3.60. The summed E-state index contributed by atoms with van der Waals surface area (Å²) in [7, 11) is 1.61. The minimum absolute atomic E-state index is 0.297. The lowest BCUT2D eigenvalue weighted by Gasteiger charge is -2.14. The van der Waals surface area contributed by atoms with Gasteiger partial charge in [0.05, 0.1) is 19.8 Å². The molecule has 0 atom stereocenters. The molecule has 0 spiro atoms. The fourth-order valence-electron chi connectivity index (χ4n) is 1.77. The van der Waals surface area contributed by atoms with Gasteiger partial charge in [-0.25, -0.2) is 4.79 Å². The molecule has 0 aliphatic carbocycles. The Morgan fingerprint density at radius 1 is 1.14 bits per heavy atom. The van der Waals surface area contributed by atoms with Gasteiger partial charge in [-0.15, -0.1) is 0 Å². The van der Waals surface area contributed by atoms with E-state index in [0.717, 1.165) is 12.9 Å². The van der Waals surface area contributed by atoms with Crippen LogP contribution < -0.4 is 9.47 Å². The van der Waals surface area contributed by atoms with Crippen LogP contribution in [0.5, 0.6) is 17.2 Å². The number of aromatic carboxylic acids is 1. The van der Waals surface area contributed by atoms with Crippen molar-refractivity contribution in [1.29, 1.82) is 0 Å². The van der Waals surface area contributed by atoms with Crippen LogP contribution in [0.4, 0.5) is 0 Å². The molecule has 0 amide bonds. The normalized spacial score (nSPS) is 10.3. The lowest BCUT2D eigenvalue weighted by molar-refractivity contribution is 0.0696. The largest absolute Gasteiger partial charge is 0.497 e. The van der Waals surface area contributed by atoms with Gasteiger partial charge in [-0.1, -0.05) is 0 Å². The van der Waals surface area contributed by atoms with Gasteiger partial charge in [-0.2, -0.15) is 0 Å². The predicted octanol–water partition coefficient (Wildman–Crippen LogP) is 4.70. The van der Waals surface area contributed by atoms with Crippen molar-refractivity contribution in [3.8, 4) is 17.2 Å².